The molecule has 2 N–H and O–H groups in total. The van der Waals surface area contributed by atoms with Gasteiger partial charge in [-0.15, -0.1) is 0 Å². The Morgan fingerprint density at radius 3 is 1.42 bits per heavy atom. The largest absolute Gasteiger partial charge is 0.380 e. The predicted molar refractivity (Wildman–Crippen MR) is 329 cm³/mol. The van der Waals surface area contributed by atoms with E-state index in [-0.39, 0.29) is 0 Å². The van der Waals surface area contributed by atoms with E-state index in [1.165, 1.54) is 94.6 Å². The minimum atomic E-state index is 0.301. The molecular formula is C70H79N6+. The second-order valence-electron chi connectivity index (χ2n) is 19.7. The summed E-state index contributed by atoms with van der Waals surface area (Å²) in [4.78, 5) is 13.5. The first-order chi connectivity index (χ1) is 37.3. The van der Waals surface area contributed by atoms with Crippen molar-refractivity contribution in [2.45, 2.75) is 74.5 Å². The molecule has 0 atom stereocenters. The first-order valence-corrected chi connectivity index (χ1v) is 28.2. The Labute approximate surface area is 454 Å². The van der Waals surface area contributed by atoms with Crippen molar-refractivity contribution >= 4 is 56.0 Å². The number of anilines is 4. The van der Waals surface area contributed by atoms with Crippen molar-refractivity contribution in [3.63, 3.8) is 0 Å². The van der Waals surface area contributed by atoms with Gasteiger partial charge in [-0.1, -0.05) is 147 Å². The van der Waals surface area contributed by atoms with Crippen LogP contribution in [-0.4, -0.2) is 69.0 Å². The molecule has 0 aliphatic heterocycles. The quantitative estimate of drug-likeness (QED) is 0.0751. The second-order valence-corrected chi connectivity index (χ2v) is 19.7. The third kappa shape index (κ3) is 11.6. The molecule has 76 heavy (non-hydrogen) atoms. The lowest BCUT2D eigenvalue weighted by Gasteiger charge is -2.27. The van der Waals surface area contributed by atoms with Crippen LogP contribution in [0.3, 0.4) is 0 Å². The van der Waals surface area contributed by atoms with Crippen molar-refractivity contribution < 1.29 is 4.99 Å². The van der Waals surface area contributed by atoms with Gasteiger partial charge >= 0.3 is 0 Å². The Bertz CT molecular complexity index is 3170. The molecule has 0 saturated carbocycles. The van der Waals surface area contributed by atoms with Crippen LogP contribution in [0, 0.1) is 0 Å². The van der Waals surface area contributed by atoms with Crippen molar-refractivity contribution in [1.82, 2.24) is 4.90 Å². The van der Waals surface area contributed by atoms with Crippen LogP contribution in [0.25, 0.3) is 27.5 Å². The third-order valence-corrected chi connectivity index (χ3v) is 15.7. The zero-order valence-electron chi connectivity index (χ0n) is 46.4. The monoisotopic (exact) mass is 1000 g/mol. The van der Waals surface area contributed by atoms with Gasteiger partial charge in [0.1, 0.15) is 0 Å². The summed E-state index contributed by atoms with van der Waals surface area (Å²) in [7, 11) is 0. The third-order valence-electron chi connectivity index (χ3n) is 15.7. The van der Waals surface area contributed by atoms with Gasteiger partial charge in [0, 0.05) is 91.6 Å². The molecule has 0 spiro atoms. The van der Waals surface area contributed by atoms with Crippen LogP contribution in [0.15, 0.2) is 200 Å². The standard InChI is InChI=1S/C70H78N6/c1-9-73(10-2)57-37-29-53(30-38-57)69(54-31-39-58(40-32-54)74(11-3)12-4)65-45-47-67(63-23-19-17-21-61(63)65)71-49-51-25-27-52(28-26-51)50-72-68-48-46-66(62-22-18-20-24-64(62)68)70(55-33-41-59(42-34-55)75(13-5)14-6)56-35-43-60(44-36-56)76(15-7)16-8/h17-48,57,71H,9-16,49-50H2,1-8H3/p+1. The van der Waals surface area contributed by atoms with E-state index >= 15 is 0 Å². The second kappa shape index (κ2) is 25.2. The summed E-state index contributed by atoms with van der Waals surface area (Å²) < 4.78 is 0. The first-order valence-electron chi connectivity index (χ1n) is 28.2. The molecule has 2 aliphatic carbocycles. The molecule has 7 aromatic carbocycles. The van der Waals surface area contributed by atoms with Crippen LogP contribution in [-0.2, 0) is 13.1 Å². The lowest BCUT2D eigenvalue weighted by atomic mass is 9.83. The van der Waals surface area contributed by atoms with Crippen LogP contribution >= 0.6 is 0 Å². The maximum absolute atomic E-state index is 3.84. The van der Waals surface area contributed by atoms with Gasteiger partial charge in [0.05, 0.1) is 5.56 Å². The molecule has 7 aromatic rings. The van der Waals surface area contributed by atoms with Crippen molar-refractivity contribution in [1.29, 1.82) is 0 Å². The maximum atomic E-state index is 3.84. The van der Waals surface area contributed by atoms with E-state index in [1.54, 1.807) is 0 Å². The number of benzene rings is 7. The van der Waals surface area contributed by atoms with E-state index in [1.807, 2.05) is 0 Å². The number of likely N-dealkylation sites (N-methyl/N-ethyl adjacent to an activating group) is 1. The molecule has 0 bridgehead atoms. The van der Waals surface area contributed by atoms with Gasteiger partial charge in [0.15, 0.2) is 6.54 Å². The highest BCUT2D eigenvalue weighted by molar-refractivity contribution is 6.17. The summed E-state index contributed by atoms with van der Waals surface area (Å²) in [5, 5.41) is 6.29. The summed E-state index contributed by atoms with van der Waals surface area (Å²) in [6.07, 6.45) is 14.0. The first kappa shape index (κ1) is 53.2. The van der Waals surface area contributed by atoms with Crippen LogP contribution in [0.2, 0.25) is 0 Å². The number of nitrogens with one attached hydrogen (secondary N) is 2. The molecule has 9 rings (SSSR count). The summed E-state index contributed by atoms with van der Waals surface area (Å²) in [5.74, 6) is 0. The highest BCUT2D eigenvalue weighted by atomic mass is 15.1. The fraction of sp³-hybridized carbons (Fsp3) is 0.271. The van der Waals surface area contributed by atoms with Crippen molar-refractivity contribution in [3.05, 3.63) is 244 Å². The Morgan fingerprint density at radius 1 is 0.434 bits per heavy atom. The van der Waals surface area contributed by atoms with Gasteiger partial charge in [-0.3, -0.25) is 4.90 Å². The number of rotatable bonds is 21. The van der Waals surface area contributed by atoms with E-state index in [2.05, 4.69) is 279 Å². The molecule has 0 amide bonds. The highest BCUT2D eigenvalue weighted by Crippen LogP contribution is 2.40. The van der Waals surface area contributed by atoms with Crippen molar-refractivity contribution in [3.8, 4) is 0 Å². The molecule has 0 radical (unpaired) electrons. The van der Waals surface area contributed by atoms with Gasteiger partial charge < -0.3 is 20.0 Å². The Morgan fingerprint density at radius 2 is 0.908 bits per heavy atom. The van der Waals surface area contributed by atoms with Crippen molar-refractivity contribution in [2.75, 3.05) is 72.4 Å². The Hall–Kier alpha value is -7.67. The zero-order valence-corrected chi connectivity index (χ0v) is 46.4. The van der Waals surface area contributed by atoms with Crippen LogP contribution in [0.4, 0.5) is 22.7 Å². The van der Waals surface area contributed by atoms with Gasteiger partial charge in [0.25, 0.3) is 0 Å². The number of nitrogens with zero attached hydrogens (tertiary/aromatic N) is 4. The predicted octanol–water partition coefficient (Wildman–Crippen LogP) is 14.2. The fourth-order valence-electron chi connectivity index (χ4n) is 11.3. The van der Waals surface area contributed by atoms with E-state index < -0.39 is 0 Å². The van der Waals surface area contributed by atoms with Gasteiger partial charge in [0.2, 0.25) is 5.71 Å². The topological polar surface area (TPSA) is 39.0 Å². The molecular weight excluding hydrogens is 925 g/mol. The summed E-state index contributed by atoms with van der Waals surface area (Å²) >= 11 is 0. The van der Waals surface area contributed by atoms with Crippen LogP contribution in [0.5, 0.6) is 0 Å². The lowest BCUT2D eigenvalue weighted by molar-refractivity contribution is -0.473. The normalized spacial score (nSPS) is 14.4. The van der Waals surface area contributed by atoms with Crippen LogP contribution in [0.1, 0.15) is 99.9 Å². The average Bonchev–Trinajstić information content (AvgIpc) is 3.51. The van der Waals surface area contributed by atoms with Crippen LogP contribution < -0.4 is 25.0 Å². The molecule has 0 fully saturated rings. The number of hydrogen-bond acceptors (Lipinski definition) is 5. The minimum Gasteiger partial charge on any atom is -0.380 e. The molecule has 388 valence electrons. The molecule has 0 heterocycles. The molecule has 2 aliphatic rings. The number of hydrogen-bond donors (Lipinski definition) is 2. The number of fused-ring (bicyclic) bond motifs is 2. The van der Waals surface area contributed by atoms with E-state index in [0.29, 0.717) is 6.04 Å². The van der Waals surface area contributed by atoms with Gasteiger partial charge in [-0.05, 0) is 170 Å². The molecule has 0 unspecified atom stereocenters. The van der Waals surface area contributed by atoms with Gasteiger partial charge in [-0.2, -0.15) is 0 Å². The van der Waals surface area contributed by atoms with E-state index in [9.17, 15) is 0 Å². The lowest BCUT2D eigenvalue weighted by Crippen LogP contribution is -2.71. The fourth-order valence-corrected chi connectivity index (χ4v) is 11.3. The zero-order chi connectivity index (χ0) is 53.0. The molecule has 6 nitrogen and oxygen atoms in total. The average molecular weight is 1000 g/mol. The Balaban J connectivity index is 0.962. The highest BCUT2D eigenvalue weighted by Gasteiger charge is 2.24. The van der Waals surface area contributed by atoms with Gasteiger partial charge in [-0.25, -0.2) is 4.99 Å². The summed E-state index contributed by atoms with van der Waals surface area (Å²) in [6, 6.07) is 59.2. The molecule has 6 heteroatoms. The Kier molecular flexibility index (Phi) is 17.7. The summed E-state index contributed by atoms with van der Waals surface area (Å²) in [6.45, 7) is 27.2. The van der Waals surface area contributed by atoms with E-state index in [4.69, 9.17) is 0 Å². The maximum Gasteiger partial charge on any atom is 0.206 e. The van der Waals surface area contributed by atoms with E-state index in [0.717, 1.165) is 76.8 Å². The number of allylic oxidation sites excluding steroid dienone is 6. The molecule has 0 aromatic heterocycles. The smallest absolute Gasteiger partial charge is 0.206 e. The van der Waals surface area contributed by atoms with Crippen molar-refractivity contribution in [2.24, 2.45) is 0 Å². The SMILES string of the molecule is CCN(CC)c1ccc(C(=C2C=CC(=[NH+]Cc3ccc(CNc4ccc(C(=C5C=CC(N(CC)CC)C=C5)c5ccc(N(CC)CC)cc5)c5ccccc45)cc3)c3ccccc32)c2ccc(N(CC)CC)cc2)cc1. The summed E-state index contributed by atoms with van der Waals surface area (Å²) in [5.41, 5.74) is 20.8. The molecule has 0 saturated heterocycles. The minimum absolute atomic E-state index is 0.301.